The Bertz CT molecular complexity index is 512. The van der Waals surface area contributed by atoms with E-state index in [0.717, 1.165) is 32.1 Å². The minimum Gasteiger partial charge on any atom is -0.459 e. The van der Waals surface area contributed by atoms with Crippen LogP contribution in [0.25, 0.3) is 0 Å². The summed E-state index contributed by atoms with van der Waals surface area (Å²) in [5, 5.41) is 0. The van der Waals surface area contributed by atoms with Crippen molar-refractivity contribution < 1.29 is 19.0 Å². The maximum atomic E-state index is 13.2. The molecule has 0 aromatic rings. The van der Waals surface area contributed by atoms with Gasteiger partial charge in [-0.05, 0) is 50.9 Å². The minimum absolute atomic E-state index is 0.00278. The van der Waals surface area contributed by atoms with Crippen LogP contribution in [0, 0.1) is 23.7 Å². The van der Waals surface area contributed by atoms with Gasteiger partial charge < -0.3 is 14.2 Å². The molecule has 25 heavy (non-hydrogen) atoms. The van der Waals surface area contributed by atoms with E-state index in [1.807, 2.05) is 0 Å². The molecule has 142 valence electrons. The second kappa shape index (κ2) is 6.53. The third kappa shape index (κ3) is 2.58. The molecule has 0 amide bonds. The van der Waals surface area contributed by atoms with E-state index >= 15 is 0 Å². The Morgan fingerprint density at radius 3 is 2.16 bits per heavy atom. The molecular weight excluding hydrogens is 316 g/mol. The van der Waals surface area contributed by atoms with Crippen molar-refractivity contribution in [2.24, 2.45) is 23.7 Å². The van der Waals surface area contributed by atoms with Crippen LogP contribution in [-0.2, 0) is 19.0 Å². The standard InChI is InChI=1S/C21H34O4/c1-5-13-16-17(14(6-2)23-13)19-15(12(4)18(16)24-19)20(22)25-21(7-3)10-8-9-11-21/h12-19H,5-11H2,1-4H3. The fourth-order valence-electron chi connectivity index (χ4n) is 6.34. The molecule has 3 saturated heterocycles. The van der Waals surface area contributed by atoms with Gasteiger partial charge in [-0.1, -0.05) is 27.7 Å². The van der Waals surface area contributed by atoms with E-state index in [1.165, 1.54) is 12.8 Å². The van der Waals surface area contributed by atoms with E-state index in [-0.39, 0.29) is 41.7 Å². The van der Waals surface area contributed by atoms with Crippen molar-refractivity contribution in [2.45, 2.75) is 103 Å². The lowest BCUT2D eigenvalue weighted by atomic mass is 9.66. The molecular formula is C21H34O4. The highest BCUT2D eigenvalue weighted by atomic mass is 16.6. The number of hydrogen-bond donors (Lipinski definition) is 0. The van der Waals surface area contributed by atoms with Crippen LogP contribution in [0.3, 0.4) is 0 Å². The predicted molar refractivity (Wildman–Crippen MR) is 95.1 cm³/mol. The number of carbonyl (C=O) groups is 1. The molecule has 1 saturated carbocycles. The lowest BCUT2D eigenvalue weighted by Gasteiger charge is -2.36. The summed E-state index contributed by atoms with van der Waals surface area (Å²) >= 11 is 0. The zero-order valence-electron chi connectivity index (χ0n) is 16.2. The second-order valence-corrected chi connectivity index (χ2v) is 8.80. The minimum atomic E-state index is -0.208. The predicted octanol–water partition coefficient (Wildman–Crippen LogP) is 4.11. The molecule has 3 aliphatic heterocycles. The Morgan fingerprint density at radius 1 is 1.00 bits per heavy atom. The van der Waals surface area contributed by atoms with Crippen LogP contribution in [0.4, 0.5) is 0 Å². The first-order chi connectivity index (χ1) is 12.0. The van der Waals surface area contributed by atoms with Gasteiger partial charge in [-0.2, -0.15) is 0 Å². The van der Waals surface area contributed by atoms with E-state index in [4.69, 9.17) is 14.2 Å². The van der Waals surface area contributed by atoms with Crippen molar-refractivity contribution in [1.29, 1.82) is 0 Å². The normalized spacial score (nSPS) is 47.2. The average molecular weight is 350 g/mol. The molecule has 4 rings (SSSR count). The van der Waals surface area contributed by atoms with Gasteiger partial charge in [-0.25, -0.2) is 0 Å². The zero-order valence-corrected chi connectivity index (χ0v) is 16.2. The Labute approximate surface area is 152 Å². The zero-order chi connectivity index (χ0) is 17.8. The molecule has 1 aliphatic carbocycles. The SMILES string of the molecule is CCC1OC(CC)C2C3OC(C(C)C3C(=O)OC3(CC)CCCC3)C12. The highest BCUT2D eigenvalue weighted by Crippen LogP contribution is 2.58. The van der Waals surface area contributed by atoms with Crippen LogP contribution in [0.5, 0.6) is 0 Å². The van der Waals surface area contributed by atoms with Crippen LogP contribution in [0.1, 0.15) is 72.6 Å². The molecule has 0 N–H and O–H groups in total. The Balaban J connectivity index is 1.53. The van der Waals surface area contributed by atoms with Crippen molar-refractivity contribution in [3.63, 3.8) is 0 Å². The molecule has 0 spiro atoms. The summed E-state index contributed by atoms with van der Waals surface area (Å²) in [6.07, 6.45) is 8.05. The highest BCUT2D eigenvalue weighted by molar-refractivity contribution is 5.75. The summed E-state index contributed by atoms with van der Waals surface area (Å²) in [6, 6.07) is 0. The van der Waals surface area contributed by atoms with E-state index in [0.29, 0.717) is 17.9 Å². The number of hydrogen-bond acceptors (Lipinski definition) is 4. The lowest BCUT2D eigenvalue weighted by Crippen LogP contribution is -2.47. The van der Waals surface area contributed by atoms with Crippen molar-refractivity contribution in [3.05, 3.63) is 0 Å². The number of esters is 1. The van der Waals surface area contributed by atoms with E-state index in [1.54, 1.807) is 0 Å². The van der Waals surface area contributed by atoms with Crippen molar-refractivity contribution in [1.82, 2.24) is 0 Å². The quantitative estimate of drug-likeness (QED) is 0.700. The topological polar surface area (TPSA) is 44.8 Å². The van der Waals surface area contributed by atoms with Gasteiger partial charge in [0.2, 0.25) is 0 Å². The van der Waals surface area contributed by atoms with Crippen molar-refractivity contribution in [2.75, 3.05) is 0 Å². The number of fused-ring (bicyclic) bond motifs is 5. The summed E-state index contributed by atoms with van der Waals surface area (Å²) in [5.74, 6) is 0.961. The first-order valence-corrected chi connectivity index (χ1v) is 10.6. The Kier molecular flexibility index (Phi) is 4.64. The van der Waals surface area contributed by atoms with Crippen LogP contribution >= 0.6 is 0 Å². The first kappa shape index (κ1) is 17.8. The molecule has 0 aromatic heterocycles. The number of rotatable bonds is 5. The van der Waals surface area contributed by atoms with Crippen LogP contribution in [-0.4, -0.2) is 36.0 Å². The smallest absolute Gasteiger partial charge is 0.312 e. The van der Waals surface area contributed by atoms with Gasteiger partial charge in [0, 0.05) is 11.8 Å². The van der Waals surface area contributed by atoms with Gasteiger partial charge in [0.1, 0.15) is 5.60 Å². The molecule has 4 aliphatic rings. The largest absolute Gasteiger partial charge is 0.459 e. The summed E-state index contributed by atoms with van der Waals surface area (Å²) in [5.41, 5.74) is -0.208. The van der Waals surface area contributed by atoms with E-state index in [9.17, 15) is 4.79 Å². The van der Waals surface area contributed by atoms with E-state index in [2.05, 4.69) is 27.7 Å². The summed E-state index contributed by atoms with van der Waals surface area (Å²) in [6.45, 7) is 8.73. The fourth-order valence-corrected chi connectivity index (χ4v) is 6.34. The molecule has 4 heteroatoms. The number of ether oxygens (including phenoxy) is 3. The van der Waals surface area contributed by atoms with Gasteiger partial charge in [0.25, 0.3) is 0 Å². The molecule has 4 nitrogen and oxygen atoms in total. The van der Waals surface area contributed by atoms with Crippen molar-refractivity contribution >= 4 is 5.97 Å². The highest BCUT2D eigenvalue weighted by Gasteiger charge is 2.67. The second-order valence-electron chi connectivity index (χ2n) is 8.80. The average Bonchev–Trinajstić information content (AvgIpc) is 3.34. The molecule has 0 radical (unpaired) electrons. The molecule has 3 heterocycles. The van der Waals surface area contributed by atoms with Crippen LogP contribution in [0.2, 0.25) is 0 Å². The summed E-state index contributed by atoms with van der Waals surface area (Å²) < 4.78 is 18.9. The monoisotopic (exact) mass is 350 g/mol. The van der Waals surface area contributed by atoms with Crippen molar-refractivity contribution in [3.8, 4) is 0 Å². The third-order valence-electron chi connectivity index (χ3n) is 7.72. The first-order valence-electron chi connectivity index (χ1n) is 10.6. The summed E-state index contributed by atoms with van der Waals surface area (Å²) in [4.78, 5) is 13.2. The van der Waals surface area contributed by atoms with Gasteiger partial charge >= 0.3 is 5.97 Å². The van der Waals surface area contributed by atoms with Gasteiger partial charge in [0.05, 0.1) is 30.3 Å². The van der Waals surface area contributed by atoms with Crippen LogP contribution < -0.4 is 0 Å². The maximum Gasteiger partial charge on any atom is 0.312 e. The maximum absolute atomic E-state index is 13.2. The van der Waals surface area contributed by atoms with Gasteiger partial charge in [-0.15, -0.1) is 0 Å². The van der Waals surface area contributed by atoms with Gasteiger partial charge in [-0.3, -0.25) is 4.79 Å². The molecule has 8 atom stereocenters. The van der Waals surface area contributed by atoms with E-state index < -0.39 is 0 Å². The number of carbonyl (C=O) groups excluding carboxylic acids is 1. The third-order valence-corrected chi connectivity index (χ3v) is 7.72. The van der Waals surface area contributed by atoms with Gasteiger partial charge in [0.15, 0.2) is 0 Å². The lowest BCUT2D eigenvalue weighted by molar-refractivity contribution is -0.169. The molecule has 2 bridgehead atoms. The fraction of sp³-hybridized carbons (Fsp3) is 0.952. The molecule has 8 unspecified atom stereocenters. The molecule has 0 aromatic carbocycles. The van der Waals surface area contributed by atoms with Crippen LogP contribution in [0.15, 0.2) is 0 Å². The molecule has 4 fully saturated rings. The Morgan fingerprint density at radius 2 is 1.60 bits per heavy atom. The summed E-state index contributed by atoms with van der Waals surface area (Å²) in [7, 11) is 0. The Hall–Kier alpha value is -0.610.